The maximum Gasteiger partial charge on any atom is 0.117 e. The SMILES string of the molecule is CNCc1ccc(CSc2cc(C)cc(C)n2)o1. The summed E-state index contributed by atoms with van der Waals surface area (Å²) in [6.07, 6.45) is 0. The molecule has 0 saturated heterocycles. The first-order valence-electron chi connectivity index (χ1n) is 5.97. The molecule has 0 amide bonds. The van der Waals surface area contributed by atoms with E-state index in [1.807, 2.05) is 26.1 Å². The summed E-state index contributed by atoms with van der Waals surface area (Å²) < 4.78 is 5.70. The molecule has 0 radical (unpaired) electrons. The number of hydrogen-bond acceptors (Lipinski definition) is 4. The lowest BCUT2D eigenvalue weighted by Crippen LogP contribution is -2.03. The molecule has 0 bridgehead atoms. The van der Waals surface area contributed by atoms with Crippen LogP contribution in [0.4, 0.5) is 0 Å². The molecular formula is C14H18N2OS. The second-order valence-corrected chi connectivity index (χ2v) is 5.31. The van der Waals surface area contributed by atoms with Crippen LogP contribution in [0.15, 0.2) is 33.7 Å². The molecule has 0 unspecified atom stereocenters. The van der Waals surface area contributed by atoms with Gasteiger partial charge in [0.25, 0.3) is 0 Å². The molecule has 0 aliphatic rings. The van der Waals surface area contributed by atoms with E-state index in [1.165, 1.54) is 5.56 Å². The van der Waals surface area contributed by atoms with Crippen LogP contribution in [0, 0.1) is 13.8 Å². The first kappa shape index (κ1) is 13.2. The van der Waals surface area contributed by atoms with Gasteiger partial charge in [-0.3, -0.25) is 0 Å². The van der Waals surface area contributed by atoms with E-state index in [1.54, 1.807) is 11.8 Å². The number of hydrogen-bond donors (Lipinski definition) is 1. The summed E-state index contributed by atoms with van der Waals surface area (Å²) in [6, 6.07) is 8.24. The molecular weight excluding hydrogens is 244 g/mol. The molecule has 0 atom stereocenters. The van der Waals surface area contributed by atoms with Crippen LogP contribution >= 0.6 is 11.8 Å². The van der Waals surface area contributed by atoms with Crippen molar-refractivity contribution in [1.29, 1.82) is 0 Å². The standard InChI is InChI=1S/C14H18N2OS/c1-10-6-11(2)16-14(7-10)18-9-13-5-4-12(17-13)8-15-3/h4-7,15H,8-9H2,1-3H3. The maximum absolute atomic E-state index is 5.70. The molecule has 1 N–H and O–H groups in total. The van der Waals surface area contributed by atoms with Gasteiger partial charge in [0.1, 0.15) is 11.5 Å². The van der Waals surface area contributed by atoms with Gasteiger partial charge in [-0.05, 0) is 50.7 Å². The van der Waals surface area contributed by atoms with Crippen LogP contribution < -0.4 is 5.32 Å². The summed E-state index contributed by atoms with van der Waals surface area (Å²) >= 11 is 1.71. The summed E-state index contributed by atoms with van der Waals surface area (Å²) in [5.74, 6) is 2.78. The van der Waals surface area contributed by atoms with E-state index < -0.39 is 0 Å². The van der Waals surface area contributed by atoms with Crippen molar-refractivity contribution in [2.45, 2.75) is 31.2 Å². The average molecular weight is 262 g/mol. The van der Waals surface area contributed by atoms with Crippen LogP contribution in [-0.4, -0.2) is 12.0 Å². The highest BCUT2D eigenvalue weighted by molar-refractivity contribution is 7.98. The van der Waals surface area contributed by atoms with Crippen LogP contribution in [0.5, 0.6) is 0 Å². The van der Waals surface area contributed by atoms with Crippen LogP contribution in [0.25, 0.3) is 0 Å². The molecule has 0 aliphatic heterocycles. The zero-order valence-electron chi connectivity index (χ0n) is 11.0. The zero-order valence-corrected chi connectivity index (χ0v) is 11.8. The monoisotopic (exact) mass is 262 g/mol. The Hall–Kier alpha value is -1.26. The summed E-state index contributed by atoms with van der Waals surface area (Å²) in [4.78, 5) is 4.50. The van der Waals surface area contributed by atoms with E-state index in [0.29, 0.717) is 0 Å². The number of aromatic nitrogens is 1. The first-order valence-corrected chi connectivity index (χ1v) is 6.96. The fourth-order valence-electron chi connectivity index (χ4n) is 1.79. The minimum atomic E-state index is 0.770. The lowest BCUT2D eigenvalue weighted by molar-refractivity contribution is 0.469. The summed E-state index contributed by atoms with van der Waals surface area (Å²) in [6.45, 7) is 4.89. The third kappa shape index (κ3) is 3.62. The van der Waals surface area contributed by atoms with E-state index in [4.69, 9.17) is 4.42 Å². The van der Waals surface area contributed by atoms with Crippen LogP contribution in [0.1, 0.15) is 22.8 Å². The average Bonchev–Trinajstić information content (AvgIpc) is 2.74. The molecule has 0 fully saturated rings. The van der Waals surface area contributed by atoms with Crippen molar-refractivity contribution in [1.82, 2.24) is 10.3 Å². The number of aryl methyl sites for hydroxylation is 2. The second kappa shape index (κ2) is 6.07. The first-order chi connectivity index (χ1) is 8.67. The van der Waals surface area contributed by atoms with Crippen molar-refractivity contribution in [2.24, 2.45) is 0 Å². The largest absolute Gasteiger partial charge is 0.464 e. The Morgan fingerprint density at radius 3 is 2.72 bits per heavy atom. The van der Waals surface area contributed by atoms with Gasteiger partial charge in [-0.2, -0.15) is 0 Å². The van der Waals surface area contributed by atoms with E-state index in [2.05, 4.69) is 29.4 Å². The van der Waals surface area contributed by atoms with Gasteiger partial charge in [0.2, 0.25) is 0 Å². The molecule has 0 saturated carbocycles. The number of pyridine rings is 1. The molecule has 3 nitrogen and oxygen atoms in total. The van der Waals surface area contributed by atoms with Crippen molar-refractivity contribution in [3.63, 3.8) is 0 Å². The highest BCUT2D eigenvalue weighted by Crippen LogP contribution is 2.23. The van der Waals surface area contributed by atoms with Gasteiger partial charge in [-0.25, -0.2) is 4.98 Å². The third-order valence-corrected chi connectivity index (χ3v) is 3.44. The van der Waals surface area contributed by atoms with Gasteiger partial charge < -0.3 is 9.73 Å². The number of rotatable bonds is 5. The highest BCUT2D eigenvalue weighted by Gasteiger charge is 2.04. The Kier molecular flexibility index (Phi) is 4.44. The molecule has 0 aromatic carbocycles. The molecule has 2 heterocycles. The van der Waals surface area contributed by atoms with Crippen molar-refractivity contribution in [3.05, 3.63) is 47.0 Å². The summed E-state index contributed by atoms with van der Waals surface area (Å²) in [5, 5.41) is 4.13. The molecule has 96 valence electrons. The summed E-state index contributed by atoms with van der Waals surface area (Å²) in [5.41, 5.74) is 2.31. The van der Waals surface area contributed by atoms with Gasteiger partial charge in [-0.15, -0.1) is 0 Å². The van der Waals surface area contributed by atoms with Gasteiger partial charge in [0, 0.05) is 5.69 Å². The van der Waals surface area contributed by atoms with Crippen LogP contribution in [-0.2, 0) is 12.3 Å². The fourth-order valence-corrected chi connectivity index (χ4v) is 2.72. The highest BCUT2D eigenvalue weighted by atomic mass is 32.2. The van der Waals surface area contributed by atoms with E-state index in [-0.39, 0.29) is 0 Å². The molecule has 2 aromatic rings. The van der Waals surface area contributed by atoms with E-state index >= 15 is 0 Å². The Morgan fingerprint density at radius 2 is 2.00 bits per heavy atom. The Labute approximate surface area is 112 Å². The minimum Gasteiger partial charge on any atom is -0.464 e. The van der Waals surface area contributed by atoms with E-state index in [0.717, 1.165) is 34.5 Å². The number of nitrogens with one attached hydrogen (secondary N) is 1. The maximum atomic E-state index is 5.70. The van der Waals surface area contributed by atoms with Crippen LogP contribution in [0.2, 0.25) is 0 Å². The lowest BCUT2D eigenvalue weighted by atomic mass is 10.3. The molecule has 4 heteroatoms. The third-order valence-electron chi connectivity index (χ3n) is 2.50. The van der Waals surface area contributed by atoms with Crippen molar-refractivity contribution < 1.29 is 4.42 Å². The molecule has 18 heavy (non-hydrogen) atoms. The van der Waals surface area contributed by atoms with Crippen molar-refractivity contribution in [3.8, 4) is 0 Å². The smallest absolute Gasteiger partial charge is 0.117 e. The Balaban J connectivity index is 1.97. The Morgan fingerprint density at radius 1 is 1.22 bits per heavy atom. The van der Waals surface area contributed by atoms with Gasteiger partial charge >= 0.3 is 0 Å². The molecule has 2 rings (SSSR count). The molecule has 0 aliphatic carbocycles. The second-order valence-electron chi connectivity index (χ2n) is 4.31. The zero-order chi connectivity index (χ0) is 13.0. The summed E-state index contributed by atoms with van der Waals surface area (Å²) in [7, 11) is 1.91. The predicted octanol–water partition coefficient (Wildman–Crippen LogP) is 3.30. The van der Waals surface area contributed by atoms with Gasteiger partial charge in [-0.1, -0.05) is 11.8 Å². The van der Waals surface area contributed by atoms with Crippen LogP contribution in [0.3, 0.4) is 0 Å². The van der Waals surface area contributed by atoms with Crippen molar-refractivity contribution in [2.75, 3.05) is 7.05 Å². The normalized spacial score (nSPS) is 10.8. The number of nitrogens with zero attached hydrogens (tertiary/aromatic N) is 1. The lowest BCUT2D eigenvalue weighted by Gasteiger charge is -2.02. The topological polar surface area (TPSA) is 38.1 Å². The molecule has 0 spiro atoms. The Bertz CT molecular complexity index is 502. The minimum absolute atomic E-state index is 0.770. The quantitative estimate of drug-likeness (QED) is 0.839. The van der Waals surface area contributed by atoms with Gasteiger partial charge in [0.05, 0.1) is 17.3 Å². The van der Waals surface area contributed by atoms with Crippen molar-refractivity contribution >= 4 is 11.8 Å². The van der Waals surface area contributed by atoms with E-state index in [9.17, 15) is 0 Å². The van der Waals surface area contributed by atoms with Gasteiger partial charge in [0.15, 0.2) is 0 Å². The molecule has 2 aromatic heterocycles. The number of furan rings is 1. The fraction of sp³-hybridized carbons (Fsp3) is 0.357. The predicted molar refractivity (Wildman–Crippen MR) is 74.7 cm³/mol. The number of thioether (sulfide) groups is 1.